The summed E-state index contributed by atoms with van der Waals surface area (Å²) in [6.07, 6.45) is -3.86. The fourth-order valence-corrected chi connectivity index (χ4v) is 3.22. The normalized spacial score (nSPS) is 25.2. The monoisotopic (exact) mass is 477 g/mol. The number of methoxy groups -OCH3 is 1. The maximum atomic E-state index is 14.7. The van der Waals surface area contributed by atoms with Crippen LogP contribution in [0.4, 0.5) is 23.2 Å². The van der Waals surface area contributed by atoms with Gasteiger partial charge in [-0.15, -0.1) is 0 Å². The van der Waals surface area contributed by atoms with Crippen LogP contribution in [0.1, 0.15) is 34.0 Å². The summed E-state index contributed by atoms with van der Waals surface area (Å²) in [7, 11) is -2.75. The smallest absolute Gasteiger partial charge is 0.424 e. The third kappa shape index (κ3) is 4.22. The van der Waals surface area contributed by atoms with E-state index in [9.17, 15) is 22.4 Å². The first-order valence-corrected chi connectivity index (χ1v) is 9.35. The molecule has 1 aromatic heterocycles. The zero-order valence-electron chi connectivity index (χ0n) is 19.7. The van der Waals surface area contributed by atoms with Gasteiger partial charge in [0.05, 0.1) is 29.0 Å². The second-order valence-corrected chi connectivity index (χ2v) is 7.75. The number of anilines is 1. The molecule has 12 heteroatoms. The summed E-state index contributed by atoms with van der Waals surface area (Å²) < 4.78 is 85.6. The Bertz CT molecular complexity index is 1200. The second kappa shape index (κ2) is 8.21. The molecule has 3 rings (SSSR count). The van der Waals surface area contributed by atoms with E-state index >= 15 is 0 Å². The van der Waals surface area contributed by atoms with Crippen LogP contribution in [-0.2, 0) is 10.3 Å². The number of benzene rings is 1. The third-order valence-electron chi connectivity index (χ3n) is 4.99. The number of carbonyl (C=O) groups excluding carboxylic acids is 1. The molecule has 2 aromatic rings. The number of aliphatic imine (C=N–C) groups is 1. The predicted molar refractivity (Wildman–Crippen MR) is 110 cm³/mol. The molecule has 0 saturated carbocycles. The average molecular weight is 478 g/mol. The van der Waals surface area contributed by atoms with Crippen molar-refractivity contribution < 1.29 is 35.9 Å². The number of nitrogens with one attached hydrogen (secondary N) is 1. The number of aromatic nitrogens is 1. The molecule has 1 amide bonds. The van der Waals surface area contributed by atoms with Crippen molar-refractivity contribution in [2.24, 2.45) is 10.7 Å². The molecule has 0 aliphatic carbocycles. The Kier molecular flexibility index (Phi) is 5.07. The Labute approximate surface area is 189 Å². The Morgan fingerprint density at radius 2 is 2.09 bits per heavy atom. The zero-order valence-corrected chi connectivity index (χ0v) is 17.4. The average Bonchev–Trinajstić information content (AvgIpc) is 2.70. The van der Waals surface area contributed by atoms with E-state index in [1.165, 1.54) is 19.1 Å². The lowest BCUT2D eigenvalue weighted by Crippen LogP contribution is -2.60. The number of amides is 1. The lowest BCUT2D eigenvalue weighted by atomic mass is 9.89. The van der Waals surface area contributed by atoms with Crippen molar-refractivity contribution in [1.82, 2.24) is 4.98 Å². The molecular weight excluding hydrogens is 456 g/mol. The van der Waals surface area contributed by atoms with Gasteiger partial charge >= 0.3 is 6.18 Å². The van der Waals surface area contributed by atoms with Gasteiger partial charge < -0.3 is 20.5 Å². The molecule has 0 saturated heterocycles. The van der Waals surface area contributed by atoms with Gasteiger partial charge in [-0.3, -0.25) is 9.79 Å². The van der Waals surface area contributed by atoms with E-state index in [0.717, 1.165) is 25.3 Å². The van der Waals surface area contributed by atoms with Gasteiger partial charge in [-0.05, 0) is 32.0 Å². The van der Waals surface area contributed by atoms with Gasteiger partial charge in [0.1, 0.15) is 28.6 Å². The zero-order chi connectivity index (χ0) is 26.4. The third-order valence-corrected chi connectivity index (χ3v) is 5.28. The van der Waals surface area contributed by atoms with E-state index in [1.807, 2.05) is 0 Å². The highest BCUT2D eigenvalue weighted by molar-refractivity contribution is 6.34. The van der Waals surface area contributed by atoms with E-state index in [1.54, 1.807) is 0 Å². The SMILES string of the molecule is [2H]C([2H])([2H])Oc1cnc(C(=O)Nc2ccc(F)c([C@]3(C)CO[C@@](C)(C(F)(F)F)C(N)=N3)c2)c(Cl)c1. The number of rotatable bonds is 4. The molecule has 172 valence electrons. The Morgan fingerprint density at radius 1 is 1.38 bits per heavy atom. The molecule has 2 atom stereocenters. The number of alkyl halides is 3. The highest BCUT2D eigenvalue weighted by Crippen LogP contribution is 2.41. The first-order valence-electron chi connectivity index (χ1n) is 10.5. The summed E-state index contributed by atoms with van der Waals surface area (Å²) in [5.74, 6) is -2.71. The predicted octanol–water partition coefficient (Wildman–Crippen LogP) is 4.06. The fourth-order valence-electron chi connectivity index (χ4n) is 2.98. The number of pyridine rings is 1. The van der Waals surface area contributed by atoms with Gasteiger partial charge in [0, 0.05) is 17.3 Å². The largest absolute Gasteiger partial charge is 0.495 e. The number of nitrogens with zero attached hydrogens (tertiary/aromatic N) is 2. The quantitative estimate of drug-likeness (QED) is 0.647. The summed E-state index contributed by atoms with van der Waals surface area (Å²) in [6.45, 7) is 1.42. The van der Waals surface area contributed by atoms with Crippen molar-refractivity contribution in [1.29, 1.82) is 0 Å². The minimum atomic E-state index is -4.84. The van der Waals surface area contributed by atoms with Crippen molar-refractivity contribution in [3.63, 3.8) is 0 Å². The van der Waals surface area contributed by atoms with Crippen LogP contribution in [0.25, 0.3) is 0 Å². The molecule has 1 aliphatic rings. The van der Waals surface area contributed by atoms with Crippen molar-refractivity contribution in [2.45, 2.75) is 31.2 Å². The highest BCUT2D eigenvalue weighted by atomic mass is 35.5. The standard InChI is InChI=1S/C20H19ClF4N4O3/c1-18(9-32-19(2,17(26)29-18)20(23,24)25)12-6-10(4-5-14(12)22)28-16(30)15-13(21)7-11(31-3)8-27-15/h4-8H,9H2,1-3H3,(H2,26,29)(H,28,30)/t18-,19+/m0/s1/i3D3. The van der Waals surface area contributed by atoms with Crippen molar-refractivity contribution in [3.05, 3.63) is 52.6 Å². The highest BCUT2D eigenvalue weighted by Gasteiger charge is 2.59. The van der Waals surface area contributed by atoms with Crippen LogP contribution in [0.15, 0.2) is 35.5 Å². The van der Waals surface area contributed by atoms with E-state index in [2.05, 4.69) is 20.0 Å². The van der Waals surface area contributed by atoms with Gasteiger partial charge in [-0.1, -0.05) is 11.6 Å². The van der Waals surface area contributed by atoms with Crippen LogP contribution in [0.5, 0.6) is 5.75 Å². The molecule has 3 N–H and O–H groups in total. The Morgan fingerprint density at radius 3 is 2.69 bits per heavy atom. The first kappa shape index (κ1) is 19.7. The minimum Gasteiger partial charge on any atom is -0.495 e. The number of carbonyl (C=O) groups is 1. The fraction of sp³-hybridized carbons (Fsp3) is 0.350. The lowest BCUT2D eigenvalue weighted by molar-refractivity contribution is -0.249. The van der Waals surface area contributed by atoms with Crippen LogP contribution >= 0.6 is 11.6 Å². The molecular formula is C20H19ClF4N4O3. The van der Waals surface area contributed by atoms with Gasteiger partial charge in [0.25, 0.3) is 5.91 Å². The number of nitrogens with two attached hydrogens (primary N) is 1. The van der Waals surface area contributed by atoms with Crippen molar-refractivity contribution >= 4 is 29.0 Å². The van der Waals surface area contributed by atoms with Gasteiger partial charge in [-0.25, -0.2) is 9.37 Å². The molecule has 1 aromatic carbocycles. The minimum absolute atomic E-state index is 0.0474. The molecule has 0 radical (unpaired) electrons. The van der Waals surface area contributed by atoms with E-state index in [-0.39, 0.29) is 27.7 Å². The van der Waals surface area contributed by atoms with Crippen LogP contribution in [0.2, 0.25) is 5.02 Å². The second-order valence-electron chi connectivity index (χ2n) is 7.34. The molecule has 2 heterocycles. The van der Waals surface area contributed by atoms with E-state index < -0.39 is 48.5 Å². The molecule has 0 unspecified atom stereocenters. The molecule has 0 spiro atoms. The van der Waals surface area contributed by atoms with Crippen LogP contribution in [-0.4, -0.2) is 42.1 Å². The van der Waals surface area contributed by atoms with Gasteiger partial charge in [0.2, 0.25) is 5.60 Å². The van der Waals surface area contributed by atoms with Gasteiger partial charge in [-0.2, -0.15) is 13.2 Å². The van der Waals surface area contributed by atoms with Crippen molar-refractivity contribution in [2.75, 3.05) is 19.0 Å². The first-order chi connectivity index (χ1) is 15.9. The number of amidine groups is 1. The molecule has 0 fully saturated rings. The number of halogens is 5. The lowest BCUT2D eigenvalue weighted by Gasteiger charge is -2.41. The summed E-state index contributed by atoms with van der Waals surface area (Å²) in [6, 6.07) is 4.45. The van der Waals surface area contributed by atoms with Crippen LogP contribution in [0, 0.1) is 5.82 Å². The Balaban J connectivity index is 1.88. The number of hydrogen-bond donors (Lipinski definition) is 2. The van der Waals surface area contributed by atoms with Crippen LogP contribution < -0.4 is 15.8 Å². The summed E-state index contributed by atoms with van der Waals surface area (Å²) in [4.78, 5) is 20.3. The maximum Gasteiger partial charge on any atom is 0.424 e. The molecule has 7 nitrogen and oxygen atoms in total. The summed E-state index contributed by atoms with van der Waals surface area (Å²) in [5, 5.41) is 2.22. The molecule has 32 heavy (non-hydrogen) atoms. The van der Waals surface area contributed by atoms with Crippen molar-refractivity contribution in [3.8, 4) is 5.75 Å². The Hall–Kier alpha value is -2.92. The topological polar surface area (TPSA) is 98.8 Å². The number of hydrogen-bond acceptors (Lipinski definition) is 6. The summed E-state index contributed by atoms with van der Waals surface area (Å²) in [5.41, 5.74) is 0.704. The van der Waals surface area contributed by atoms with Crippen LogP contribution in [0.3, 0.4) is 0 Å². The van der Waals surface area contributed by atoms with E-state index in [0.29, 0.717) is 0 Å². The maximum absolute atomic E-state index is 14.7. The van der Waals surface area contributed by atoms with Gasteiger partial charge in [0.15, 0.2) is 0 Å². The van der Waals surface area contributed by atoms with E-state index in [4.69, 9.17) is 26.2 Å². The number of ether oxygens (including phenoxy) is 2. The molecule has 1 aliphatic heterocycles. The molecule has 0 bridgehead atoms. The summed E-state index contributed by atoms with van der Waals surface area (Å²) >= 11 is 6.01.